The molecule has 12 heterocycles. The number of rotatable bonds is 27. The maximum absolute atomic E-state index is 12.3. The Kier molecular flexibility index (Phi) is 26.2. The van der Waals surface area contributed by atoms with Crippen molar-refractivity contribution >= 4 is 35.4 Å². The van der Waals surface area contributed by atoms with Gasteiger partial charge in [0.25, 0.3) is 0 Å². The zero-order valence-electron chi connectivity index (χ0n) is 65.2. The lowest BCUT2D eigenvalue weighted by atomic mass is 9.94. The third kappa shape index (κ3) is 21.1. The van der Waals surface area contributed by atoms with Gasteiger partial charge in [0.1, 0.15) is 17.5 Å². The fourth-order valence-electron chi connectivity index (χ4n) is 17.4. The molecule has 0 aliphatic carbocycles. The van der Waals surface area contributed by atoms with Crippen molar-refractivity contribution in [3.8, 4) is 17.1 Å². The van der Waals surface area contributed by atoms with Gasteiger partial charge in [0.2, 0.25) is 0 Å². The Hall–Kier alpha value is -9.57. The first kappa shape index (κ1) is 77.6. The zero-order chi connectivity index (χ0) is 75.9. The number of likely N-dealkylation sites (tertiary alicyclic amines) is 3. The van der Waals surface area contributed by atoms with Crippen LogP contribution in [0.3, 0.4) is 0 Å². The van der Waals surface area contributed by atoms with Crippen LogP contribution in [0.4, 0.5) is 17.5 Å². The fourth-order valence-corrected chi connectivity index (χ4v) is 17.4. The smallest absolute Gasteiger partial charge is 0.306 e. The number of fused-ring (bicyclic) bond motifs is 3. The lowest BCUT2D eigenvalue weighted by molar-refractivity contribution is -0.141. The number of carbonyl (C=O) groups excluding carboxylic acids is 1. The van der Waals surface area contributed by atoms with E-state index in [4.69, 9.17) is 19.7 Å². The normalized spacial score (nSPS) is 18.5. The summed E-state index contributed by atoms with van der Waals surface area (Å²) >= 11 is 0. The molecule has 6 aliphatic heterocycles. The average molecular weight is 1480 g/mol. The molecular weight excluding hydrogens is 1360 g/mol. The van der Waals surface area contributed by atoms with Gasteiger partial charge in [-0.15, -0.1) is 0 Å². The maximum atomic E-state index is 12.3. The minimum Gasteiger partial charge on any atom is -0.481 e. The van der Waals surface area contributed by atoms with E-state index in [1.807, 2.05) is 72.9 Å². The van der Waals surface area contributed by atoms with Crippen LogP contribution in [0, 0.1) is 59.3 Å². The molecule has 9 aromatic rings. The van der Waals surface area contributed by atoms with Crippen LogP contribution in [0.15, 0.2) is 127 Å². The second-order valence-corrected chi connectivity index (χ2v) is 31.7. The summed E-state index contributed by atoms with van der Waals surface area (Å²) in [6, 6.07) is 44.4. The molecule has 21 nitrogen and oxygen atoms in total. The quantitative estimate of drug-likeness (QED) is 0.0301. The Morgan fingerprint density at radius 3 is 1.06 bits per heavy atom. The standard InChI is InChI=1S/C30H39N5O2.2C29H37N5O2/c1-21-16-22(2)35(33-21)28-8-4-6-25(17-28)26(18-29(36)37-3)20-34-15-13-23(19-34)9-11-27-12-10-24-7-5-14-31-30(24)32-27;2*1-20-15-21(2)34(32-20)27-7-3-5-24(16-27)25(17-28(35)36)19-33-14-12-22(18-33)8-10-26-11-9-23-6-4-13-30-29(23)31-26/h4,6,8,10,12,16-17,23,26H,5,7,9,11,13-15,18-20H2,1-3H3,(H,31,32);2*3,5,7,9,11,15-16,22,25H,4,6,8,10,12-14,17-19H2,1-2H3,(H,30,31)(H,35,36)/t23-,26-;2*22-,25-/m111/s1. The molecule has 5 N–H and O–H groups in total. The van der Waals surface area contributed by atoms with Crippen LogP contribution in [0.1, 0.15) is 179 Å². The maximum Gasteiger partial charge on any atom is 0.306 e. The summed E-state index contributed by atoms with van der Waals surface area (Å²) in [4.78, 5) is 57.9. The molecule has 0 unspecified atom stereocenters. The molecule has 21 heteroatoms. The van der Waals surface area contributed by atoms with Crippen LogP contribution < -0.4 is 16.0 Å². The number of nitrogens with zero attached hydrogens (tertiary/aromatic N) is 12. The zero-order valence-corrected chi connectivity index (χ0v) is 65.2. The highest BCUT2D eigenvalue weighted by Gasteiger charge is 2.31. The molecule has 0 bridgehead atoms. The van der Waals surface area contributed by atoms with E-state index in [-0.39, 0.29) is 36.6 Å². The molecule has 0 spiro atoms. The molecule has 6 atom stereocenters. The number of esters is 1. The Balaban J connectivity index is 0.000000144. The molecule has 0 saturated carbocycles. The minimum atomic E-state index is -0.751. The number of hydrogen-bond acceptors (Lipinski definition) is 16. The van der Waals surface area contributed by atoms with Crippen molar-refractivity contribution in [2.75, 3.05) is 102 Å². The van der Waals surface area contributed by atoms with Gasteiger partial charge in [-0.3, -0.25) is 14.4 Å². The number of carbonyl (C=O) groups is 3. The van der Waals surface area contributed by atoms with Crippen LogP contribution in [-0.4, -0.2) is 173 Å². The summed E-state index contributed by atoms with van der Waals surface area (Å²) in [5.41, 5.74) is 20.1. The highest BCUT2D eigenvalue weighted by Crippen LogP contribution is 2.34. The number of ether oxygens (including phenoxy) is 1. The number of carboxylic acid groups (broad SMARTS) is 2. The Bertz CT molecular complexity index is 4390. The van der Waals surface area contributed by atoms with Crippen molar-refractivity contribution in [2.24, 2.45) is 17.8 Å². The van der Waals surface area contributed by atoms with Gasteiger partial charge in [-0.2, -0.15) is 15.3 Å². The van der Waals surface area contributed by atoms with Crippen molar-refractivity contribution in [1.82, 2.24) is 59.0 Å². The number of anilines is 3. The van der Waals surface area contributed by atoms with E-state index in [0.717, 1.165) is 235 Å². The van der Waals surface area contributed by atoms with Crippen molar-refractivity contribution in [2.45, 2.75) is 175 Å². The molecule has 15 rings (SSSR count). The molecule has 3 fully saturated rings. The van der Waals surface area contributed by atoms with Gasteiger partial charge in [-0.05, 0) is 281 Å². The number of methoxy groups -OCH3 is 1. The number of nitrogens with one attached hydrogen (secondary N) is 3. The van der Waals surface area contributed by atoms with Crippen molar-refractivity contribution < 1.29 is 29.3 Å². The monoisotopic (exact) mass is 1480 g/mol. The van der Waals surface area contributed by atoms with E-state index in [1.165, 1.54) is 66.6 Å². The van der Waals surface area contributed by atoms with E-state index in [2.05, 4.69) is 156 Å². The van der Waals surface area contributed by atoms with Gasteiger partial charge >= 0.3 is 17.9 Å². The number of benzene rings is 3. The highest BCUT2D eigenvalue weighted by molar-refractivity contribution is 5.71. The van der Waals surface area contributed by atoms with Crippen LogP contribution in [0.2, 0.25) is 0 Å². The Morgan fingerprint density at radius 2 is 0.761 bits per heavy atom. The molecule has 109 heavy (non-hydrogen) atoms. The van der Waals surface area contributed by atoms with Crippen molar-refractivity contribution in [3.63, 3.8) is 0 Å². The predicted octanol–water partition coefficient (Wildman–Crippen LogP) is 14.4. The first-order chi connectivity index (χ1) is 52.9. The van der Waals surface area contributed by atoms with E-state index >= 15 is 0 Å². The van der Waals surface area contributed by atoms with Crippen LogP contribution in [-0.2, 0) is 57.6 Å². The summed E-state index contributed by atoms with van der Waals surface area (Å²) < 4.78 is 10.9. The topological polar surface area (TPSA) is 239 Å². The van der Waals surface area contributed by atoms with E-state index < -0.39 is 11.9 Å². The SMILES string of the molecule is COC(=O)C[C@H](CN1CC[C@@H](CCc2ccc3c(n2)NCCC3)C1)c1cccc(-n2nc(C)cc2C)c1.Cc1cc(C)n(-c2cccc([C@H](CC(=O)O)CN3CC[C@@H](CCc4ccc5c(n4)NCCC5)C3)c2)n1.Cc1cc(C)n(-c2cccc([C@H](CC(=O)O)CN3CC[C@@H](CCc4ccc5c(n4)NCCC5)C3)c2)n1. The van der Waals surface area contributed by atoms with Gasteiger partial charge in [-0.25, -0.2) is 29.0 Å². The summed E-state index contributed by atoms with van der Waals surface area (Å²) in [7, 11) is 1.47. The van der Waals surface area contributed by atoms with Crippen molar-refractivity contribution in [3.05, 3.63) is 212 Å². The van der Waals surface area contributed by atoms with Crippen LogP contribution >= 0.6 is 0 Å². The number of aromatic nitrogens is 9. The highest BCUT2D eigenvalue weighted by atomic mass is 16.5. The first-order valence-electron chi connectivity index (χ1n) is 40.1. The number of pyridine rings is 3. The molecule has 576 valence electrons. The van der Waals surface area contributed by atoms with Crippen LogP contribution in [0.25, 0.3) is 17.1 Å². The van der Waals surface area contributed by atoms with Gasteiger partial charge in [-0.1, -0.05) is 54.6 Å². The molecular formula is C88H113N15O6. The second-order valence-electron chi connectivity index (χ2n) is 31.7. The first-order valence-corrected chi connectivity index (χ1v) is 40.1. The Labute approximate surface area is 643 Å². The summed E-state index contributed by atoms with van der Waals surface area (Å²) in [5.74, 6) is 3.47. The number of carboxylic acids is 2. The number of aliphatic carboxylic acids is 2. The number of aryl methyl sites for hydroxylation is 12. The van der Waals surface area contributed by atoms with Crippen LogP contribution in [0.5, 0.6) is 0 Å². The molecule has 0 amide bonds. The van der Waals surface area contributed by atoms with Crippen molar-refractivity contribution in [1.29, 1.82) is 0 Å². The Morgan fingerprint density at radius 1 is 0.440 bits per heavy atom. The van der Waals surface area contributed by atoms with E-state index in [0.29, 0.717) is 24.2 Å². The van der Waals surface area contributed by atoms with Gasteiger partial charge < -0.3 is 45.6 Å². The second kappa shape index (κ2) is 36.8. The van der Waals surface area contributed by atoms with Gasteiger partial charge in [0.05, 0.1) is 60.5 Å². The fraction of sp³-hybridized carbons (Fsp3) is 0.489. The molecule has 3 aromatic carbocycles. The molecule has 6 aliphatic rings. The van der Waals surface area contributed by atoms with Gasteiger partial charge in [0.15, 0.2) is 0 Å². The number of hydrogen-bond donors (Lipinski definition) is 5. The van der Waals surface area contributed by atoms with Gasteiger partial charge in [0, 0.05) is 111 Å². The van der Waals surface area contributed by atoms with E-state index in [9.17, 15) is 24.6 Å². The summed E-state index contributed by atoms with van der Waals surface area (Å²) in [6.07, 6.45) is 17.5. The van der Waals surface area contributed by atoms with E-state index in [1.54, 1.807) is 0 Å². The largest absolute Gasteiger partial charge is 0.481 e. The average Bonchev–Trinajstić information content (AvgIpc) is 1.69. The summed E-state index contributed by atoms with van der Waals surface area (Å²) in [6.45, 7) is 23.8. The summed E-state index contributed by atoms with van der Waals surface area (Å²) in [5, 5.41) is 43.5. The molecule has 6 aromatic heterocycles. The third-order valence-corrected chi connectivity index (χ3v) is 23.1. The minimum absolute atomic E-state index is 0.0495. The molecule has 3 saturated heterocycles. The lowest BCUT2D eigenvalue weighted by Crippen LogP contribution is -2.28. The molecule has 0 radical (unpaired) electrons. The third-order valence-electron chi connectivity index (χ3n) is 23.1. The predicted molar refractivity (Wildman–Crippen MR) is 430 cm³/mol. The lowest BCUT2D eigenvalue weighted by Gasteiger charge is -2.24.